The maximum atomic E-state index is 13.7. The molecule has 2 N–H and O–H groups in total. The number of anilines is 1. The molecule has 0 amide bonds. The smallest absolute Gasteiger partial charge is 0.168 e. The lowest BCUT2D eigenvalue weighted by atomic mass is 9.92. The molecule has 0 bridgehead atoms. The van der Waals surface area contributed by atoms with Gasteiger partial charge in [0.15, 0.2) is 11.6 Å². The van der Waals surface area contributed by atoms with E-state index in [9.17, 15) is 13.6 Å². The minimum absolute atomic E-state index is 0.0641. The van der Waals surface area contributed by atoms with Crippen LogP contribution >= 0.6 is 0 Å². The first kappa shape index (κ1) is 14.1. The molecule has 4 heteroatoms. The molecule has 0 saturated heterocycles. The molecule has 0 fully saturated rings. The molecule has 1 aromatic carbocycles. The van der Waals surface area contributed by atoms with Gasteiger partial charge in [-0.25, -0.2) is 8.78 Å². The average Bonchev–Trinajstić information content (AvgIpc) is 2.35. The molecular weight excluding hydrogens is 236 g/mol. The first-order chi connectivity index (χ1) is 8.43. The predicted molar refractivity (Wildman–Crippen MR) is 68.8 cm³/mol. The molecule has 0 aromatic heterocycles. The van der Waals surface area contributed by atoms with Gasteiger partial charge in [-0.15, -0.1) is 6.58 Å². The van der Waals surface area contributed by atoms with Gasteiger partial charge in [0.25, 0.3) is 0 Å². The Morgan fingerprint density at radius 1 is 1.44 bits per heavy atom. The minimum atomic E-state index is -1.04. The number of carbonyl (C=O) groups is 1. The predicted octanol–water partition coefficient (Wildman–Crippen LogP) is 3.34. The van der Waals surface area contributed by atoms with E-state index >= 15 is 0 Å². The standard InChI is InChI=1S/C14H15F2NO/c1-4-8(2)10(7-18)9(3)13-12(17)6-5-11(15)14(13)16/h4-8H,1,17H2,2-3H3/b10-9+/t8-/m1/s1. The molecular formula is C14H15F2NO. The van der Waals surface area contributed by atoms with E-state index in [4.69, 9.17) is 5.73 Å². The SMILES string of the molecule is C=C[C@@H](C)/C(C=O)=C(\C)c1c(N)ccc(F)c1F. The van der Waals surface area contributed by atoms with Gasteiger partial charge in [0.2, 0.25) is 0 Å². The summed E-state index contributed by atoms with van der Waals surface area (Å²) in [4.78, 5) is 11.1. The lowest BCUT2D eigenvalue weighted by Crippen LogP contribution is -2.05. The topological polar surface area (TPSA) is 43.1 Å². The van der Waals surface area contributed by atoms with Gasteiger partial charge in [-0.05, 0) is 24.6 Å². The minimum Gasteiger partial charge on any atom is -0.398 e. The summed E-state index contributed by atoms with van der Waals surface area (Å²) in [7, 11) is 0. The van der Waals surface area contributed by atoms with E-state index in [1.54, 1.807) is 13.0 Å². The van der Waals surface area contributed by atoms with E-state index in [2.05, 4.69) is 6.58 Å². The third-order valence-corrected chi connectivity index (χ3v) is 2.91. The van der Waals surface area contributed by atoms with Crippen molar-refractivity contribution in [2.75, 3.05) is 5.73 Å². The van der Waals surface area contributed by atoms with Gasteiger partial charge in [-0.2, -0.15) is 0 Å². The molecule has 18 heavy (non-hydrogen) atoms. The second kappa shape index (κ2) is 5.58. The van der Waals surface area contributed by atoms with Gasteiger partial charge in [0.1, 0.15) is 6.29 Å². The van der Waals surface area contributed by atoms with Crippen molar-refractivity contribution in [3.63, 3.8) is 0 Å². The van der Waals surface area contributed by atoms with E-state index in [-0.39, 0.29) is 17.2 Å². The van der Waals surface area contributed by atoms with Crippen molar-refractivity contribution in [1.82, 2.24) is 0 Å². The molecule has 0 heterocycles. The molecule has 0 aliphatic rings. The van der Waals surface area contributed by atoms with Crippen LogP contribution < -0.4 is 5.73 Å². The molecule has 0 radical (unpaired) electrons. The highest BCUT2D eigenvalue weighted by molar-refractivity contribution is 5.91. The Balaban J connectivity index is 3.54. The normalized spacial score (nSPS) is 13.8. The third kappa shape index (κ3) is 2.47. The van der Waals surface area contributed by atoms with Crippen LogP contribution in [0.1, 0.15) is 19.4 Å². The van der Waals surface area contributed by atoms with Crippen LogP contribution in [0, 0.1) is 17.6 Å². The first-order valence-corrected chi connectivity index (χ1v) is 5.46. The van der Waals surface area contributed by atoms with Crippen LogP contribution in [0.4, 0.5) is 14.5 Å². The number of allylic oxidation sites excluding steroid dienone is 3. The summed E-state index contributed by atoms with van der Waals surface area (Å²) >= 11 is 0. The summed E-state index contributed by atoms with van der Waals surface area (Å²) in [6, 6.07) is 2.23. The third-order valence-electron chi connectivity index (χ3n) is 2.91. The number of rotatable bonds is 4. The lowest BCUT2D eigenvalue weighted by Gasteiger charge is -2.14. The molecule has 1 aromatic rings. The largest absolute Gasteiger partial charge is 0.398 e. The summed E-state index contributed by atoms with van der Waals surface area (Å²) in [5, 5.41) is 0. The van der Waals surface area contributed by atoms with Gasteiger partial charge in [0.05, 0.1) is 0 Å². The zero-order valence-electron chi connectivity index (χ0n) is 10.3. The Kier molecular flexibility index (Phi) is 4.37. The maximum Gasteiger partial charge on any atom is 0.168 e. The Bertz CT molecular complexity index is 521. The quantitative estimate of drug-likeness (QED) is 0.386. The van der Waals surface area contributed by atoms with Crippen LogP contribution in [-0.4, -0.2) is 6.29 Å². The van der Waals surface area contributed by atoms with Crippen molar-refractivity contribution < 1.29 is 13.6 Å². The Morgan fingerprint density at radius 2 is 2.06 bits per heavy atom. The Morgan fingerprint density at radius 3 is 2.56 bits per heavy atom. The number of nitrogen functional groups attached to an aromatic ring is 1. The van der Waals surface area contributed by atoms with Crippen LogP contribution in [0.15, 0.2) is 30.4 Å². The number of benzene rings is 1. The van der Waals surface area contributed by atoms with Gasteiger partial charge >= 0.3 is 0 Å². The average molecular weight is 251 g/mol. The van der Waals surface area contributed by atoms with Crippen molar-refractivity contribution in [3.05, 3.63) is 47.6 Å². The Labute approximate surface area is 105 Å². The highest BCUT2D eigenvalue weighted by atomic mass is 19.2. The van der Waals surface area contributed by atoms with Gasteiger partial charge in [0, 0.05) is 22.7 Å². The van der Waals surface area contributed by atoms with Crippen LogP contribution in [0.2, 0.25) is 0 Å². The van der Waals surface area contributed by atoms with Gasteiger partial charge in [-0.3, -0.25) is 4.79 Å². The molecule has 0 aliphatic carbocycles. The van der Waals surface area contributed by atoms with Crippen LogP contribution in [0.25, 0.3) is 5.57 Å². The monoisotopic (exact) mass is 251 g/mol. The van der Waals surface area contributed by atoms with E-state index in [0.717, 1.165) is 6.07 Å². The second-order valence-corrected chi connectivity index (χ2v) is 4.05. The summed E-state index contributed by atoms with van der Waals surface area (Å²) in [5.41, 5.74) is 6.34. The summed E-state index contributed by atoms with van der Waals surface area (Å²) < 4.78 is 27.0. The van der Waals surface area contributed by atoms with Gasteiger partial charge in [-0.1, -0.05) is 13.0 Å². The molecule has 1 atom stereocenters. The van der Waals surface area contributed by atoms with E-state index in [1.165, 1.54) is 13.0 Å². The summed E-state index contributed by atoms with van der Waals surface area (Å²) in [6.07, 6.45) is 2.17. The van der Waals surface area contributed by atoms with Crippen LogP contribution in [-0.2, 0) is 4.79 Å². The van der Waals surface area contributed by atoms with Crippen molar-refractivity contribution in [2.24, 2.45) is 5.92 Å². The molecule has 0 saturated carbocycles. The summed E-state index contributed by atoms with van der Waals surface area (Å²) in [6.45, 7) is 6.86. The number of aldehydes is 1. The molecule has 1 rings (SSSR count). The van der Waals surface area contributed by atoms with Crippen molar-refractivity contribution >= 4 is 17.5 Å². The lowest BCUT2D eigenvalue weighted by molar-refractivity contribution is -0.105. The zero-order chi connectivity index (χ0) is 13.9. The molecule has 0 spiro atoms. The van der Waals surface area contributed by atoms with E-state index in [0.29, 0.717) is 17.4 Å². The number of hydrogen-bond acceptors (Lipinski definition) is 2. The zero-order valence-corrected chi connectivity index (χ0v) is 10.3. The van der Waals surface area contributed by atoms with Gasteiger partial charge < -0.3 is 5.73 Å². The highest BCUT2D eigenvalue weighted by Gasteiger charge is 2.18. The van der Waals surface area contributed by atoms with Crippen molar-refractivity contribution in [2.45, 2.75) is 13.8 Å². The Hall–Kier alpha value is -1.97. The molecule has 96 valence electrons. The molecule has 2 nitrogen and oxygen atoms in total. The van der Waals surface area contributed by atoms with Crippen molar-refractivity contribution in [3.8, 4) is 0 Å². The van der Waals surface area contributed by atoms with Crippen LogP contribution in [0.5, 0.6) is 0 Å². The van der Waals surface area contributed by atoms with E-state index in [1.807, 2.05) is 0 Å². The number of nitrogens with two attached hydrogens (primary N) is 1. The van der Waals surface area contributed by atoms with E-state index < -0.39 is 11.6 Å². The van der Waals surface area contributed by atoms with Crippen LogP contribution in [0.3, 0.4) is 0 Å². The fourth-order valence-electron chi connectivity index (χ4n) is 1.76. The number of carbonyl (C=O) groups excluding carboxylic acids is 1. The molecule has 0 unspecified atom stereocenters. The number of hydrogen-bond donors (Lipinski definition) is 1. The number of halogens is 2. The molecule has 0 aliphatic heterocycles. The maximum absolute atomic E-state index is 13.7. The summed E-state index contributed by atoms with van der Waals surface area (Å²) in [5.74, 6) is -2.29. The fraction of sp³-hybridized carbons (Fsp3) is 0.214. The van der Waals surface area contributed by atoms with Crippen molar-refractivity contribution in [1.29, 1.82) is 0 Å². The second-order valence-electron chi connectivity index (χ2n) is 4.05. The fourth-order valence-corrected chi connectivity index (χ4v) is 1.76. The first-order valence-electron chi connectivity index (χ1n) is 5.46. The highest BCUT2D eigenvalue weighted by Crippen LogP contribution is 2.30.